The van der Waals surface area contributed by atoms with Gasteiger partial charge in [-0.3, -0.25) is 4.79 Å². The molecule has 3 heteroatoms. The third-order valence-electron chi connectivity index (χ3n) is 2.90. The van der Waals surface area contributed by atoms with Gasteiger partial charge < -0.3 is 11.1 Å². The predicted octanol–water partition coefficient (Wildman–Crippen LogP) is 0.494. The second-order valence-electron chi connectivity index (χ2n) is 3.98. The molecule has 70 valence electrons. The molecule has 0 spiro atoms. The van der Waals surface area contributed by atoms with Crippen molar-refractivity contribution in [2.24, 2.45) is 17.6 Å². The van der Waals surface area contributed by atoms with E-state index < -0.39 is 0 Å². The molecule has 4 unspecified atom stereocenters. The standard InChI is InChI=1S/C9H18N2O/c1-5-4-8(6(5)2)11-9(12)7(3)10/h5-8H,4,10H2,1-3H3,(H,11,12). The van der Waals surface area contributed by atoms with Gasteiger partial charge in [-0.15, -0.1) is 0 Å². The third kappa shape index (κ3) is 1.78. The van der Waals surface area contributed by atoms with Crippen LogP contribution in [0.2, 0.25) is 0 Å². The third-order valence-corrected chi connectivity index (χ3v) is 2.90. The Morgan fingerprint density at radius 3 is 2.50 bits per heavy atom. The molecule has 0 aromatic carbocycles. The van der Waals surface area contributed by atoms with Crippen molar-refractivity contribution in [3.05, 3.63) is 0 Å². The quantitative estimate of drug-likeness (QED) is 0.634. The fourth-order valence-electron chi connectivity index (χ4n) is 1.54. The summed E-state index contributed by atoms with van der Waals surface area (Å²) in [4.78, 5) is 11.2. The van der Waals surface area contributed by atoms with Gasteiger partial charge >= 0.3 is 0 Å². The van der Waals surface area contributed by atoms with Crippen molar-refractivity contribution >= 4 is 5.91 Å². The van der Waals surface area contributed by atoms with Crippen LogP contribution in [-0.2, 0) is 4.79 Å². The summed E-state index contributed by atoms with van der Waals surface area (Å²) in [6.07, 6.45) is 1.10. The summed E-state index contributed by atoms with van der Waals surface area (Å²) < 4.78 is 0. The fraction of sp³-hybridized carbons (Fsp3) is 0.889. The number of carbonyl (C=O) groups is 1. The highest BCUT2D eigenvalue weighted by atomic mass is 16.2. The van der Waals surface area contributed by atoms with Crippen molar-refractivity contribution < 1.29 is 4.79 Å². The molecule has 1 aliphatic rings. The van der Waals surface area contributed by atoms with Crippen LogP contribution in [0, 0.1) is 11.8 Å². The fourth-order valence-corrected chi connectivity index (χ4v) is 1.54. The molecule has 12 heavy (non-hydrogen) atoms. The van der Waals surface area contributed by atoms with Gasteiger partial charge in [0.2, 0.25) is 5.91 Å². The Balaban J connectivity index is 2.29. The number of hydrogen-bond acceptors (Lipinski definition) is 2. The van der Waals surface area contributed by atoms with Gasteiger partial charge in [0.05, 0.1) is 6.04 Å². The number of hydrogen-bond donors (Lipinski definition) is 2. The summed E-state index contributed by atoms with van der Waals surface area (Å²) in [5, 5.41) is 2.93. The normalized spacial score (nSPS) is 36.8. The lowest BCUT2D eigenvalue weighted by molar-refractivity contribution is -0.124. The van der Waals surface area contributed by atoms with E-state index in [-0.39, 0.29) is 11.9 Å². The van der Waals surface area contributed by atoms with E-state index in [0.29, 0.717) is 12.0 Å². The maximum Gasteiger partial charge on any atom is 0.236 e. The van der Waals surface area contributed by atoms with E-state index in [4.69, 9.17) is 5.73 Å². The average Bonchev–Trinajstić information content (AvgIpc) is 2.03. The van der Waals surface area contributed by atoms with Gasteiger partial charge in [0.1, 0.15) is 0 Å². The van der Waals surface area contributed by atoms with Crippen LogP contribution in [0.15, 0.2) is 0 Å². The summed E-state index contributed by atoms with van der Waals surface area (Å²) >= 11 is 0. The molecule has 1 fully saturated rings. The molecule has 0 radical (unpaired) electrons. The van der Waals surface area contributed by atoms with Crippen molar-refractivity contribution in [2.75, 3.05) is 0 Å². The zero-order valence-electron chi connectivity index (χ0n) is 8.00. The predicted molar refractivity (Wildman–Crippen MR) is 48.5 cm³/mol. The van der Waals surface area contributed by atoms with Gasteiger partial charge in [-0.1, -0.05) is 13.8 Å². The van der Waals surface area contributed by atoms with E-state index in [9.17, 15) is 4.79 Å². The Labute approximate surface area is 73.7 Å². The van der Waals surface area contributed by atoms with Crippen LogP contribution in [0.5, 0.6) is 0 Å². The molecule has 0 saturated heterocycles. The first kappa shape index (κ1) is 9.52. The molecule has 0 heterocycles. The van der Waals surface area contributed by atoms with Crippen LogP contribution < -0.4 is 11.1 Å². The number of nitrogens with one attached hydrogen (secondary N) is 1. The molecule has 3 nitrogen and oxygen atoms in total. The van der Waals surface area contributed by atoms with E-state index >= 15 is 0 Å². The molecule has 0 aliphatic heterocycles. The molecule has 1 saturated carbocycles. The highest BCUT2D eigenvalue weighted by Gasteiger charge is 2.35. The Kier molecular flexibility index (Phi) is 2.73. The highest BCUT2D eigenvalue weighted by Crippen LogP contribution is 2.33. The summed E-state index contributed by atoms with van der Waals surface area (Å²) in [5.74, 6) is 1.31. The van der Waals surface area contributed by atoms with Crippen LogP contribution in [0.25, 0.3) is 0 Å². The Bertz CT molecular complexity index is 179. The van der Waals surface area contributed by atoms with Crippen molar-refractivity contribution in [1.82, 2.24) is 5.32 Å². The summed E-state index contributed by atoms with van der Waals surface area (Å²) in [7, 11) is 0. The minimum atomic E-state index is -0.381. The van der Waals surface area contributed by atoms with Crippen LogP contribution in [0.4, 0.5) is 0 Å². The lowest BCUT2D eigenvalue weighted by Crippen LogP contribution is -2.53. The Morgan fingerprint density at radius 1 is 1.58 bits per heavy atom. The molecule has 1 amide bonds. The Hall–Kier alpha value is -0.570. The smallest absolute Gasteiger partial charge is 0.236 e. The minimum Gasteiger partial charge on any atom is -0.352 e. The second-order valence-corrected chi connectivity index (χ2v) is 3.98. The van der Waals surface area contributed by atoms with Crippen LogP contribution >= 0.6 is 0 Å². The lowest BCUT2D eigenvalue weighted by Gasteiger charge is -2.41. The lowest BCUT2D eigenvalue weighted by atomic mass is 9.71. The van der Waals surface area contributed by atoms with Gasteiger partial charge in [-0.2, -0.15) is 0 Å². The summed E-state index contributed by atoms with van der Waals surface area (Å²) in [6, 6.07) is -0.0217. The summed E-state index contributed by atoms with van der Waals surface area (Å²) in [5.41, 5.74) is 5.43. The number of rotatable bonds is 2. The molecule has 0 bridgehead atoms. The molecule has 0 aromatic rings. The SMILES string of the molecule is CC(N)C(=O)NC1CC(C)C1C. The maximum absolute atomic E-state index is 11.2. The first-order valence-electron chi connectivity index (χ1n) is 4.58. The zero-order chi connectivity index (χ0) is 9.30. The van der Waals surface area contributed by atoms with E-state index in [1.807, 2.05) is 0 Å². The largest absolute Gasteiger partial charge is 0.352 e. The zero-order valence-corrected chi connectivity index (χ0v) is 8.00. The molecule has 1 rings (SSSR count). The van der Waals surface area contributed by atoms with Crippen molar-refractivity contribution in [1.29, 1.82) is 0 Å². The molecule has 4 atom stereocenters. The monoisotopic (exact) mass is 170 g/mol. The number of amides is 1. The van der Waals surface area contributed by atoms with E-state index in [2.05, 4.69) is 19.2 Å². The molecular formula is C9H18N2O. The van der Waals surface area contributed by atoms with Crippen LogP contribution in [0.1, 0.15) is 27.2 Å². The van der Waals surface area contributed by atoms with Gasteiger partial charge in [0.15, 0.2) is 0 Å². The molecule has 0 aromatic heterocycles. The van der Waals surface area contributed by atoms with E-state index in [1.54, 1.807) is 6.92 Å². The molecule has 1 aliphatic carbocycles. The first-order chi connectivity index (χ1) is 5.52. The van der Waals surface area contributed by atoms with Crippen molar-refractivity contribution in [2.45, 2.75) is 39.3 Å². The topological polar surface area (TPSA) is 55.1 Å². The van der Waals surface area contributed by atoms with E-state index in [1.165, 1.54) is 0 Å². The van der Waals surface area contributed by atoms with Gasteiger partial charge in [0, 0.05) is 6.04 Å². The average molecular weight is 170 g/mol. The molecule has 3 N–H and O–H groups in total. The van der Waals surface area contributed by atoms with Gasteiger partial charge in [0.25, 0.3) is 0 Å². The van der Waals surface area contributed by atoms with E-state index in [0.717, 1.165) is 12.3 Å². The number of carbonyl (C=O) groups excluding carboxylic acids is 1. The first-order valence-corrected chi connectivity index (χ1v) is 4.58. The number of nitrogens with two attached hydrogens (primary N) is 1. The van der Waals surface area contributed by atoms with Crippen molar-refractivity contribution in [3.8, 4) is 0 Å². The van der Waals surface area contributed by atoms with Gasteiger partial charge in [-0.25, -0.2) is 0 Å². The van der Waals surface area contributed by atoms with Crippen LogP contribution in [0.3, 0.4) is 0 Å². The minimum absolute atomic E-state index is 0.0289. The van der Waals surface area contributed by atoms with Crippen molar-refractivity contribution in [3.63, 3.8) is 0 Å². The summed E-state index contributed by atoms with van der Waals surface area (Å²) in [6.45, 7) is 6.08. The van der Waals surface area contributed by atoms with Crippen LogP contribution in [-0.4, -0.2) is 18.0 Å². The van der Waals surface area contributed by atoms with Gasteiger partial charge in [-0.05, 0) is 25.2 Å². The second kappa shape index (κ2) is 3.44. The molecular weight excluding hydrogens is 152 g/mol. The maximum atomic E-state index is 11.2. The highest BCUT2D eigenvalue weighted by molar-refractivity contribution is 5.81. The Morgan fingerprint density at radius 2 is 2.17 bits per heavy atom.